The number of hydrogen-bond acceptors (Lipinski definition) is 3. The van der Waals surface area contributed by atoms with E-state index in [0.29, 0.717) is 13.0 Å². The van der Waals surface area contributed by atoms with Gasteiger partial charge in [-0.05, 0) is 37.6 Å². The molecule has 1 aliphatic rings. The number of para-hydroxylation sites is 1. The van der Waals surface area contributed by atoms with Crippen molar-refractivity contribution >= 4 is 33.3 Å². The summed E-state index contributed by atoms with van der Waals surface area (Å²) in [4.78, 5) is 2.07. The van der Waals surface area contributed by atoms with Gasteiger partial charge in [-0.2, -0.15) is 13.0 Å². The van der Waals surface area contributed by atoms with Crippen molar-refractivity contribution < 1.29 is 17.5 Å². The summed E-state index contributed by atoms with van der Waals surface area (Å²) in [6.45, 7) is 4.90. The van der Waals surface area contributed by atoms with E-state index in [9.17, 15) is 8.42 Å². The first-order valence-electron chi connectivity index (χ1n) is 9.75. The summed E-state index contributed by atoms with van der Waals surface area (Å²) in [7, 11) is 0.0708. The van der Waals surface area contributed by atoms with Crippen LogP contribution in [0.1, 0.15) is 31.4 Å². The first-order valence-corrected chi connectivity index (χ1v) is 11.4. The predicted octanol–water partition coefficient (Wildman–Crippen LogP) is 4.12. The fourth-order valence-electron chi connectivity index (χ4n) is 3.85. The van der Waals surface area contributed by atoms with Crippen molar-refractivity contribution in [2.24, 2.45) is 0 Å². The molecule has 2 aromatic rings. The summed E-state index contributed by atoms with van der Waals surface area (Å²) >= 11 is 0. The predicted molar refractivity (Wildman–Crippen MR) is 120 cm³/mol. The molecule has 0 amide bonds. The Hall–Kier alpha value is -2.44. The van der Waals surface area contributed by atoms with Crippen molar-refractivity contribution in [1.29, 1.82) is 0 Å². The van der Waals surface area contributed by atoms with E-state index in [1.54, 1.807) is 0 Å². The molecule has 5 nitrogen and oxygen atoms in total. The Kier molecular flexibility index (Phi) is 5.96. The average Bonchev–Trinajstić information content (AvgIpc) is 2.86. The van der Waals surface area contributed by atoms with Crippen LogP contribution in [0.3, 0.4) is 0 Å². The molecule has 154 valence electrons. The standard InChI is InChI=1S/C23H28N2O3S/c1-23(2)20-8-5-6-9-21(20)25(16-7-17-29(26,27)28)22(23)15-12-18-10-13-19(14-11-18)24(3)4/h5-6,8-15H,7,16-17H2,1-4H3/p+1. The van der Waals surface area contributed by atoms with Gasteiger partial charge in [-0.3, -0.25) is 4.55 Å². The molecule has 1 N–H and O–H groups in total. The first kappa shape index (κ1) is 21.3. The van der Waals surface area contributed by atoms with Crippen molar-refractivity contribution in [3.8, 4) is 0 Å². The minimum atomic E-state index is -3.96. The molecular formula is C23H29N2O3S+. The molecule has 0 saturated carbocycles. The molecule has 0 fully saturated rings. The van der Waals surface area contributed by atoms with Gasteiger partial charge in [-0.25, -0.2) is 0 Å². The molecule has 0 spiro atoms. The van der Waals surface area contributed by atoms with Gasteiger partial charge in [0, 0.05) is 43.9 Å². The van der Waals surface area contributed by atoms with Crippen molar-refractivity contribution in [1.82, 2.24) is 0 Å². The zero-order chi connectivity index (χ0) is 21.2. The van der Waals surface area contributed by atoms with Crippen LogP contribution >= 0.6 is 0 Å². The lowest BCUT2D eigenvalue weighted by Gasteiger charge is -2.15. The third-order valence-corrected chi connectivity index (χ3v) is 6.23. The number of rotatable bonds is 7. The molecule has 0 bridgehead atoms. The normalized spacial score (nSPS) is 15.8. The third-order valence-electron chi connectivity index (χ3n) is 5.43. The van der Waals surface area contributed by atoms with Gasteiger partial charge in [-0.15, -0.1) is 0 Å². The van der Waals surface area contributed by atoms with E-state index in [-0.39, 0.29) is 11.2 Å². The van der Waals surface area contributed by atoms with E-state index < -0.39 is 10.1 Å². The zero-order valence-corrected chi connectivity index (χ0v) is 18.3. The fourth-order valence-corrected chi connectivity index (χ4v) is 4.34. The number of hydrogen-bond donors (Lipinski definition) is 1. The number of fused-ring (bicyclic) bond motifs is 1. The van der Waals surface area contributed by atoms with Gasteiger partial charge >= 0.3 is 0 Å². The molecule has 3 rings (SSSR count). The van der Waals surface area contributed by atoms with Crippen molar-refractivity contribution in [3.63, 3.8) is 0 Å². The lowest BCUT2D eigenvalue weighted by molar-refractivity contribution is -0.437. The molecule has 6 heteroatoms. The maximum atomic E-state index is 11.2. The van der Waals surface area contributed by atoms with Crippen molar-refractivity contribution in [2.75, 3.05) is 31.3 Å². The Morgan fingerprint density at radius 3 is 2.31 bits per heavy atom. The lowest BCUT2D eigenvalue weighted by Crippen LogP contribution is -2.28. The van der Waals surface area contributed by atoms with Crippen LogP contribution in [0.5, 0.6) is 0 Å². The Bertz CT molecular complexity index is 1050. The zero-order valence-electron chi connectivity index (χ0n) is 17.5. The summed E-state index contributed by atoms with van der Waals surface area (Å²) in [6.07, 6.45) is 4.58. The lowest BCUT2D eigenvalue weighted by atomic mass is 9.81. The molecule has 29 heavy (non-hydrogen) atoms. The smallest absolute Gasteiger partial charge is 0.265 e. The molecule has 0 unspecified atom stereocenters. The Balaban J connectivity index is 1.95. The second-order valence-corrected chi connectivity index (χ2v) is 9.71. The van der Waals surface area contributed by atoms with E-state index in [1.807, 2.05) is 26.2 Å². The van der Waals surface area contributed by atoms with Gasteiger partial charge in [0.1, 0.15) is 6.54 Å². The van der Waals surface area contributed by atoms with Crippen LogP contribution in [0, 0.1) is 0 Å². The van der Waals surface area contributed by atoms with Gasteiger partial charge in [0.15, 0.2) is 5.71 Å². The molecule has 0 saturated heterocycles. The van der Waals surface area contributed by atoms with E-state index in [2.05, 4.69) is 71.9 Å². The van der Waals surface area contributed by atoms with Crippen LogP contribution in [0.15, 0.2) is 54.6 Å². The number of allylic oxidation sites excluding steroid dienone is 1. The monoisotopic (exact) mass is 413 g/mol. The van der Waals surface area contributed by atoms with Gasteiger partial charge in [0.25, 0.3) is 10.1 Å². The molecular weight excluding hydrogens is 384 g/mol. The van der Waals surface area contributed by atoms with Crippen LogP contribution in [0.25, 0.3) is 6.08 Å². The maximum absolute atomic E-state index is 11.2. The van der Waals surface area contributed by atoms with E-state index in [0.717, 1.165) is 22.6 Å². The fraction of sp³-hybridized carbons (Fsp3) is 0.348. The molecule has 1 aliphatic heterocycles. The SMILES string of the molecule is CN(C)c1ccc(/C=C/C2=[N+](CCCS(=O)(=O)O)c3ccccc3C2(C)C)cc1. The van der Waals surface area contributed by atoms with E-state index in [1.165, 1.54) is 5.56 Å². The topological polar surface area (TPSA) is 60.6 Å². The van der Waals surface area contributed by atoms with Crippen molar-refractivity contribution in [2.45, 2.75) is 25.7 Å². The van der Waals surface area contributed by atoms with Crippen LogP contribution < -0.4 is 4.90 Å². The highest BCUT2D eigenvalue weighted by Crippen LogP contribution is 2.40. The molecule has 0 radical (unpaired) electrons. The van der Waals surface area contributed by atoms with Crippen LogP contribution in [0.4, 0.5) is 11.4 Å². The van der Waals surface area contributed by atoms with Crippen LogP contribution in [-0.4, -0.2) is 49.7 Å². The summed E-state index contributed by atoms with van der Waals surface area (Å²) in [6, 6.07) is 16.6. The Morgan fingerprint density at radius 1 is 1.03 bits per heavy atom. The minimum absolute atomic E-state index is 0.200. The van der Waals surface area contributed by atoms with Crippen LogP contribution in [-0.2, 0) is 15.5 Å². The summed E-state index contributed by atoms with van der Waals surface area (Å²) in [5.74, 6) is -0.241. The van der Waals surface area contributed by atoms with Crippen LogP contribution in [0.2, 0.25) is 0 Å². The van der Waals surface area contributed by atoms with E-state index >= 15 is 0 Å². The van der Waals surface area contributed by atoms with Gasteiger partial charge in [0.05, 0.1) is 11.2 Å². The molecule has 0 aliphatic carbocycles. The number of benzene rings is 2. The summed E-state index contributed by atoms with van der Waals surface area (Å²) in [5.41, 5.74) is 5.48. The van der Waals surface area contributed by atoms with Gasteiger partial charge in [0.2, 0.25) is 5.69 Å². The minimum Gasteiger partial charge on any atom is -0.378 e. The second kappa shape index (κ2) is 8.13. The molecule has 2 aromatic carbocycles. The van der Waals surface area contributed by atoms with Gasteiger partial charge < -0.3 is 4.90 Å². The third kappa shape index (κ3) is 4.77. The summed E-state index contributed by atoms with van der Waals surface area (Å²) < 4.78 is 33.6. The quantitative estimate of drug-likeness (QED) is 0.548. The number of anilines is 1. The maximum Gasteiger partial charge on any atom is 0.265 e. The highest BCUT2D eigenvalue weighted by molar-refractivity contribution is 7.85. The Labute approximate surface area is 173 Å². The first-order chi connectivity index (χ1) is 13.6. The molecule has 1 heterocycles. The van der Waals surface area contributed by atoms with Crippen molar-refractivity contribution in [3.05, 3.63) is 65.7 Å². The Morgan fingerprint density at radius 2 is 1.69 bits per heavy atom. The molecule has 0 aromatic heterocycles. The highest BCUT2D eigenvalue weighted by atomic mass is 32.2. The van der Waals surface area contributed by atoms with E-state index in [4.69, 9.17) is 4.55 Å². The number of nitrogens with zero attached hydrogens (tertiary/aromatic N) is 2. The highest BCUT2D eigenvalue weighted by Gasteiger charge is 2.43. The van der Waals surface area contributed by atoms with Gasteiger partial charge in [-0.1, -0.05) is 30.3 Å². The average molecular weight is 414 g/mol. The largest absolute Gasteiger partial charge is 0.378 e. The second-order valence-electron chi connectivity index (χ2n) is 8.14. The molecule has 0 atom stereocenters. The summed E-state index contributed by atoms with van der Waals surface area (Å²) in [5, 5.41) is 0.